The normalized spacial score (nSPS) is 12.8. The molecule has 0 heterocycles. The average molecular weight is 375 g/mol. The highest BCUT2D eigenvalue weighted by Gasteiger charge is 2.15. The van der Waals surface area contributed by atoms with Gasteiger partial charge in [0.05, 0.1) is 6.61 Å². The third kappa shape index (κ3) is 5.22. The topological polar surface area (TPSA) is 26.3 Å². The summed E-state index contributed by atoms with van der Waals surface area (Å²) in [5, 5.41) is 0. The van der Waals surface area contributed by atoms with Crippen molar-refractivity contribution in [3.63, 3.8) is 0 Å². The highest BCUT2D eigenvalue weighted by atomic mass is 16.5. The Balaban J connectivity index is 1.59. The lowest BCUT2D eigenvalue weighted by molar-refractivity contribution is -0.137. The monoisotopic (exact) mass is 374 g/mol. The van der Waals surface area contributed by atoms with Crippen LogP contribution in [-0.4, -0.2) is 12.6 Å². The zero-order valence-electron chi connectivity index (χ0n) is 16.9. The number of carbonyl (C=O) groups is 1. The molecule has 0 bridgehead atoms. The van der Waals surface area contributed by atoms with Gasteiger partial charge in [-0.05, 0) is 72.4 Å². The fraction of sp³-hybridized carbons (Fsp3) is 0.346. The summed E-state index contributed by atoms with van der Waals surface area (Å²) in [5.41, 5.74) is 8.57. The molecule has 28 heavy (non-hydrogen) atoms. The van der Waals surface area contributed by atoms with Crippen LogP contribution in [0.2, 0.25) is 0 Å². The van der Waals surface area contributed by atoms with Gasteiger partial charge in [0.1, 0.15) is 0 Å². The van der Waals surface area contributed by atoms with Gasteiger partial charge < -0.3 is 4.74 Å². The van der Waals surface area contributed by atoms with Gasteiger partial charge in [-0.1, -0.05) is 68.0 Å². The van der Waals surface area contributed by atoms with E-state index in [4.69, 9.17) is 4.74 Å². The van der Waals surface area contributed by atoms with Crippen molar-refractivity contribution in [3.8, 4) is 0 Å². The van der Waals surface area contributed by atoms with Crippen molar-refractivity contribution in [1.82, 2.24) is 0 Å². The smallest absolute Gasteiger partial charge is 0.330 e. The van der Waals surface area contributed by atoms with Crippen molar-refractivity contribution in [2.75, 3.05) is 6.61 Å². The maximum absolute atomic E-state index is 11.0. The Bertz CT molecular complexity index is 860. The summed E-state index contributed by atoms with van der Waals surface area (Å²) in [6.07, 6.45) is 11.3. The number of esters is 1. The molecule has 1 aliphatic rings. The number of carbonyl (C=O) groups excluding carboxylic acids is 1. The maximum Gasteiger partial charge on any atom is 0.330 e. The van der Waals surface area contributed by atoms with Crippen LogP contribution in [-0.2, 0) is 22.4 Å². The van der Waals surface area contributed by atoms with Crippen LogP contribution in [0.5, 0.6) is 0 Å². The lowest BCUT2D eigenvalue weighted by Gasteiger charge is -2.21. The van der Waals surface area contributed by atoms with Gasteiger partial charge in [0.15, 0.2) is 0 Å². The SMILES string of the molecule is C=CC(=O)OCCCCCCc1cccc2c1C=C(c1ccccc1C)CC2. The Hall–Kier alpha value is -2.61. The number of aryl methyl sites for hydroxylation is 3. The molecule has 0 fully saturated rings. The van der Waals surface area contributed by atoms with Crippen LogP contribution < -0.4 is 0 Å². The molecule has 0 N–H and O–H groups in total. The predicted octanol–water partition coefficient (Wildman–Crippen LogP) is 6.31. The van der Waals surface area contributed by atoms with E-state index in [1.807, 2.05) is 0 Å². The van der Waals surface area contributed by atoms with Gasteiger partial charge in [0, 0.05) is 6.08 Å². The van der Waals surface area contributed by atoms with E-state index in [-0.39, 0.29) is 5.97 Å². The van der Waals surface area contributed by atoms with E-state index in [9.17, 15) is 4.79 Å². The van der Waals surface area contributed by atoms with Crippen molar-refractivity contribution < 1.29 is 9.53 Å². The van der Waals surface area contributed by atoms with Gasteiger partial charge in [0.2, 0.25) is 0 Å². The summed E-state index contributed by atoms with van der Waals surface area (Å²) < 4.78 is 5.03. The highest BCUT2D eigenvalue weighted by Crippen LogP contribution is 2.33. The van der Waals surface area contributed by atoms with E-state index >= 15 is 0 Å². The van der Waals surface area contributed by atoms with E-state index in [1.165, 1.54) is 45.9 Å². The highest BCUT2D eigenvalue weighted by molar-refractivity contribution is 5.86. The number of rotatable bonds is 9. The van der Waals surface area contributed by atoms with Crippen LogP contribution >= 0.6 is 0 Å². The second-order valence-electron chi connectivity index (χ2n) is 7.51. The summed E-state index contributed by atoms with van der Waals surface area (Å²) in [6.45, 7) is 6.10. The first-order chi connectivity index (χ1) is 13.7. The Morgan fingerprint density at radius 3 is 2.68 bits per heavy atom. The van der Waals surface area contributed by atoms with Gasteiger partial charge in [-0.3, -0.25) is 0 Å². The van der Waals surface area contributed by atoms with Crippen LogP contribution in [0.1, 0.15) is 59.9 Å². The molecular weight excluding hydrogens is 344 g/mol. The van der Waals surface area contributed by atoms with Gasteiger partial charge >= 0.3 is 5.97 Å². The molecule has 0 unspecified atom stereocenters. The van der Waals surface area contributed by atoms with E-state index < -0.39 is 0 Å². The van der Waals surface area contributed by atoms with Crippen LogP contribution in [0.4, 0.5) is 0 Å². The zero-order valence-corrected chi connectivity index (χ0v) is 16.9. The second-order valence-corrected chi connectivity index (χ2v) is 7.51. The lowest BCUT2D eigenvalue weighted by atomic mass is 9.84. The summed E-state index contributed by atoms with van der Waals surface area (Å²) in [4.78, 5) is 11.0. The van der Waals surface area contributed by atoms with Crippen LogP contribution in [0.25, 0.3) is 11.6 Å². The third-order valence-corrected chi connectivity index (χ3v) is 5.51. The summed E-state index contributed by atoms with van der Waals surface area (Å²) >= 11 is 0. The molecule has 0 radical (unpaired) electrons. The number of unbranched alkanes of at least 4 members (excludes halogenated alkanes) is 3. The molecule has 2 aromatic rings. The van der Waals surface area contributed by atoms with Gasteiger partial charge in [0.25, 0.3) is 0 Å². The molecule has 0 amide bonds. The minimum absolute atomic E-state index is 0.327. The quantitative estimate of drug-likeness (QED) is 0.292. The molecule has 0 aromatic heterocycles. The molecule has 3 rings (SSSR count). The van der Waals surface area contributed by atoms with Crippen LogP contribution in [0, 0.1) is 6.92 Å². The molecule has 1 aliphatic carbocycles. The molecule has 2 nitrogen and oxygen atoms in total. The Labute approximate surface area is 168 Å². The third-order valence-electron chi connectivity index (χ3n) is 5.51. The van der Waals surface area contributed by atoms with Crippen LogP contribution in [0.3, 0.4) is 0 Å². The maximum atomic E-state index is 11.0. The molecular formula is C26H30O2. The van der Waals surface area contributed by atoms with Crippen LogP contribution in [0.15, 0.2) is 55.1 Å². The Morgan fingerprint density at radius 1 is 1.04 bits per heavy atom. The first-order valence-electron chi connectivity index (χ1n) is 10.4. The second kappa shape index (κ2) is 10.1. The van der Waals surface area contributed by atoms with E-state index in [2.05, 4.69) is 62.0 Å². The molecule has 0 atom stereocenters. The van der Waals surface area contributed by atoms with Gasteiger partial charge in [-0.25, -0.2) is 4.79 Å². The standard InChI is InChI=1S/C26H30O2/c1-3-26(27)28-18-9-5-4-6-12-21-13-10-14-22-16-17-23(19-25(21)22)24-15-8-7-11-20(24)2/h3,7-8,10-11,13-15,19H,1,4-6,9,12,16-18H2,2H3. The van der Waals surface area contributed by atoms with Crippen molar-refractivity contribution in [1.29, 1.82) is 0 Å². The molecule has 0 saturated heterocycles. The minimum Gasteiger partial charge on any atom is -0.463 e. The van der Waals surface area contributed by atoms with Gasteiger partial charge in [-0.15, -0.1) is 0 Å². The Morgan fingerprint density at radius 2 is 1.86 bits per heavy atom. The number of hydrogen-bond donors (Lipinski definition) is 0. The number of fused-ring (bicyclic) bond motifs is 1. The van der Waals surface area contributed by atoms with Gasteiger partial charge in [-0.2, -0.15) is 0 Å². The van der Waals surface area contributed by atoms with E-state index in [0.29, 0.717) is 6.61 Å². The largest absolute Gasteiger partial charge is 0.463 e. The first-order valence-corrected chi connectivity index (χ1v) is 10.4. The zero-order chi connectivity index (χ0) is 19.8. The van der Waals surface area contributed by atoms with E-state index in [1.54, 1.807) is 0 Å². The van der Waals surface area contributed by atoms with Crippen molar-refractivity contribution in [2.24, 2.45) is 0 Å². The average Bonchev–Trinajstić information content (AvgIpc) is 2.73. The Kier molecular flexibility index (Phi) is 7.25. The summed E-state index contributed by atoms with van der Waals surface area (Å²) in [6, 6.07) is 15.4. The van der Waals surface area contributed by atoms with Crippen molar-refractivity contribution in [2.45, 2.75) is 51.9 Å². The molecule has 0 aliphatic heterocycles. The number of benzene rings is 2. The predicted molar refractivity (Wildman–Crippen MR) is 117 cm³/mol. The first kappa shape index (κ1) is 20.1. The molecule has 0 saturated carbocycles. The number of ether oxygens (including phenoxy) is 1. The number of hydrogen-bond acceptors (Lipinski definition) is 2. The fourth-order valence-corrected chi connectivity index (χ4v) is 3.95. The fourth-order valence-electron chi connectivity index (χ4n) is 3.95. The summed E-state index contributed by atoms with van der Waals surface area (Å²) in [7, 11) is 0. The molecule has 2 heteroatoms. The number of allylic oxidation sites excluding steroid dienone is 1. The molecule has 146 valence electrons. The van der Waals surface area contributed by atoms with Crippen molar-refractivity contribution >= 4 is 17.6 Å². The minimum atomic E-state index is -0.327. The lowest BCUT2D eigenvalue weighted by Crippen LogP contribution is -2.04. The molecule has 0 spiro atoms. The summed E-state index contributed by atoms with van der Waals surface area (Å²) in [5.74, 6) is -0.327. The van der Waals surface area contributed by atoms with E-state index in [0.717, 1.165) is 38.5 Å². The van der Waals surface area contributed by atoms with Crippen molar-refractivity contribution in [3.05, 3.63) is 82.9 Å². The molecule has 2 aromatic carbocycles.